The molecule has 5 fully saturated rings. The van der Waals surface area contributed by atoms with Gasteiger partial charge in [0.25, 0.3) is 0 Å². The van der Waals surface area contributed by atoms with E-state index in [9.17, 15) is 0 Å². The van der Waals surface area contributed by atoms with Crippen LogP contribution in [0.2, 0.25) is 0 Å². The lowest BCUT2D eigenvalue weighted by atomic mass is 9.41. The zero-order valence-electron chi connectivity index (χ0n) is 22.2. The Morgan fingerprint density at radius 2 is 1.52 bits per heavy atom. The molecule has 2 spiro atoms. The molecule has 5 rings (SSSR count). The maximum absolute atomic E-state index is 2.80. The highest BCUT2D eigenvalue weighted by Gasteiger charge is 2.81. The van der Waals surface area contributed by atoms with E-state index in [2.05, 4.69) is 61.5 Å². The molecule has 0 aliphatic heterocycles. The van der Waals surface area contributed by atoms with Gasteiger partial charge in [-0.3, -0.25) is 0 Å². The molecule has 9 atom stereocenters. The fourth-order valence-electron chi connectivity index (χ4n) is 11.3. The molecule has 0 bridgehead atoms. The monoisotopic (exact) mass is 424 g/mol. The summed E-state index contributed by atoms with van der Waals surface area (Å²) in [5.74, 6) is 4.78. The molecule has 5 aliphatic rings. The van der Waals surface area contributed by atoms with E-state index < -0.39 is 0 Å². The molecule has 5 saturated carbocycles. The second-order valence-electron chi connectivity index (χ2n) is 14.7. The van der Waals surface area contributed by atoms with Crippen molar-refractivity contribution in [1.29, 1.82) is 0 Å². The lowest BCUT2D eigenvalue weighted by Gasteiger charge is -2.63. The lowest BCUT2D eigenvalue weighted by molar-refractivity contribution is -0.149. The molecule has 0 nitrogen and oxygen atoms in total. The van der Waals surface area contributed by atoms with E-state index in [4.69, 9.17) is 0 Å². The Kier molecular flexibility index (Phi) is 5.00. The Balaban J connectivity index is 1.41. The summed E-state index contributed by atoms with van der Waals surface area (Å²) in [5, 5.41) is 0. The number of rotatable bonds is 4. The first-order chi connectivity index (χ1) is 14.4. The Hall–Kier alpha value is -0.260. The van der Waals surface area contributed by atoms with Crippen LogP contribution in [-0.2, 0) is 0 Å². The average molecular weight is 425 g/mol. The molecule has 0 heterocycles. The van der Waals surface area contributed by atoms with E-state index in [0.717, 1.165) is 40.4 Å². The van der Waals surface area contributed by atoms with Crippen molar-refractivity contribution < 1.29 is 0 Å². The third-order valence-electron chi connectivity index (χ3n) is 13.6. The Bertz CT molecular complexity index is 754. The van der Waals surface area contributed by atoms with Gasteiger partial charge >= 0.3 is 0 Å². The van der Waals surface area contributed by atoms with Crippen molar-refractivity contribution in [2.75, 3.05) is 0 Å². The minimum atomic E-state index is 0.562. The molecule has 0 heteroatoms. The van der Waals surface area contributed by atoms with Crippen LogP contribution in [0.5, 0.6) is 0 Å². The maximum atomic E-state index is 2.80. The lowest BCUT2D eigenvalue weighted by Crippen LogP contribution is -2.56. The van der Waals surface area contributed by atoms with E-state index >= 15 is 0 Å². The van der Waals surface area contributed by atoms with Crippen LogP contribution in [0.4, 0.5) is 0 Å². The normalized spacial score (nSPS) is 52.9. The van der Waals surface area contributed by atoms with Gasteiger partial charge in [-0.05, 0) is 141 Å². The molecule has 0 radical (unpaired) electrons. The fraction of sp³-hybridized carbons (Fsp3) is 0.935. The van der Waals surface area contributed by atoms with Crippen LogP contribution < -0.4 is 0 Å². The molecule has 0 saturated heterocycles. The molecule has 0 N–H and O–H groups in total. The van der Waals surface area contributed by atoms with E-state index in [-0.39, 0.29) is 0 Å². The number of hydrogen-bond acceptors (Lipinski definition) is 0. The van der Waals surface area contributed by atoms with Gasteiger partial charge in [-0.15, -0.1) is 0 Å². The van der Waals surface area contributed by atoms with Crippen LogP contribution in [0.3, 0.4) is 0 Å². The molecule has 0 aromatic carbocycles. The largest absolute Gasteiger partial charge is 0.0859 e. The summed E-state index contributed by atoms with van der Waals surface area (Å²) in [4.78, 5) is 0. The minimum absolute atomic E-state index is 0.562. The summed E-state index contributed by atoms with van der Waals surface area (Å²) >= 11 is 0. The van der Waals surface area contributed by atoms with Gasteiger partial charge in [0.05, 0.1) is 0 Å². The van der Waals surface area contributed by atoms with Gasteiger partial charge in [-0.25, -0.2) is 0 Å². The van der Waals surface area contributed by atoms with Gasteiger partial charge in [-0.1, -0.05) is 53.2 Å². The van der Waals surface area contributed by atoms with Crippen LogP contribution in [0.1, 0.15) is 126 Å². The number of hydrogen-bond donors (Lipinski definition) is 0. The molecule has 0 aromatic rings. The first kappa shape index (κ1) is 22.5. The van der Waals surface area contributed by atoms with Crippen LogP contribution in [0.25, 0.3) is 0 Å². The molecule has 5 aliphatic carbocycles. The number of fused-ring (bicyclic) bond motifs is 2. The van der Waals surface area contributed by atoms with Gasteiger partial charge in [-0.2, -0.15) is 0 Å². The molecule has 0 aromatic heterocycles. The van der Waals surface area contributed by atoms with Crippen molar-refractivity contribution in [3.05, 3.63) is 11.6 Å². The summed E-state index contributed by atoms with van der Waals surface area (Å²) in [6.45, 7) is 20.5. The predicted octanol–water partition coefficient (Wildman–Crippen LogP) is 9.44. The Morgan fingerprint density at radius 3 is 2.23 bits per heavy atom. The zero-order valence-corrected chi connectivity index (χ0v) is 22.2. The predicted molar refractivity (Wildman–Crippen MR) is 134 cm³/mol. The van der Waals surface area contributed by atoms with Gasteiger partial charge in [0.1, 0.15) is 0 Å². The van der Waals surface area contributed by atoms with E-state index in [1.807, 2.05) is 0 Å². The quantitative estimate of drug-likeness (QED) is 0.394. The summed E-state index contributed by atoms with van der Waals surface area (Å²) in [7, 11) is 0. The van der Waals surface area contributed by atoms with Crippen LogP contribution in [0, 0.1) is 56.7 Å². The Labute approximate surface area is 194 Å². The van der Waals surface area contributed by atoms with Gasteiger partial charge < -0.3 is 0 Å². The fourth-order valence-corrected chi connectivity index (χ4v) is 11.3. The summed E-state index contributed by atoms with van der Waals surface area (Å²) in [6.07, 6.45) is 19.1. The first-order valence-electron chi connectivity index (χ1n) is 14.1. The highest BCUT2D eigenvalue weighted by Crippen LogP contribution is 2.89. The van der Waals surface area contributed by atoms with Gasteiger partial charge in [0.2, 0.25) is 0 Å². The molecule has 2 unspecified atom stereocenters. The maximum Gasteiger partial charge on any atom is -0.0198 e. The number of allylic oxidation sites excluding steroid dienone is 2. The Morgan fingerprint density at radius 1 is 0.839 bits per heavy atom. The SMILES string of the molecule is CC(C)=CCC[C@@H](C)[C@H]1CC[C@@]2(C)C3CCC4C(C)(C)[C@@H](C)CC[C@@]45C[C@@]35CC[C@]12C. The smallest absolute Gasteiger partial charge is 0.0198 e. The van der Waals surface area contributed by atoms with Crippen molar-refractivity contribution in [3.63, 3.8) is 0 Å². The topological polar surface area (TPSA) is 0 Å². The minimum Gasteiger partial charge on any atom is -0.0859 e. The van der Waals surface area contributed by atoms with Crippen molar-refractivity contribution in [3.8, 4) is 0 Å². The van der Waals surface area contributed by atoms with Crippen LogP contribution >= 0.6 is 0 Å². The van der Waals surface area contributed by atoms with E-state index in [0.29, 0.717) is 16.2 Å². The van der Waals surface area contributed by atoms with Gasteiger partial charge in [0, 0.05) is 0 Å². The molecule has 0 amide bonds. The second kappa shape index (κ2) is 6.88. The standard InChI is InChI=1S/C31H52/c1-21(2)10-9-11-22(3)24-15-16-29(8)26-13-12-25-27(5,6)23(4)14-17-30(25)20-31(26,30)19-18-28(24,29)7/h10,22-26H,9,11-20H2,1-8H3/t22-,23+,24-,25?,26?,28-,29+,30-,31+/m1/s1. The van der Waals surface area contributed by atoms with Crippen molar-refractivity contribution in [1.82, 2.24) is 0 Å². The highest BCUT2D eigenvalue weighted by atomic mass is 14.9. The van der Waals surface area contributed by atoms with Crippen molar-refractivity contribution in [2.45, 2.75) is 126 Å². The summed E-state index contributed by atoms with van der Waals surface area (Å²) in [6, 6.07) is 0. The van der Waals surface area contributed by atoms with E-state index in [1.54, 1.807) is 25.7 Å². The van der Waals surface area contributed by atoms with Crippen molar-refractivity contribution in [2.24, 2.45) is 56.7 Å². The van der Waals surface area contributed by atoms with Gasteiger partial charge in [0.15, 0.2) is 0 Å². The molecular weight excluding hydrogens is 372 g/mol. The first-order valence-corrected chi connectivity index (χ1v) is 14.1. The van der Waals surface area contributed by atoms with Crippen molar-refractivity contribution >= 4 is 0 Å². The average Bonchev–Trinajstić information content (AvgIpc) is 3.27. The van der Waals surface area contributed by atoms with Crippen LogP contribution in [0.15, 0.2) is 11.6 Å². The van der Waals surface area contributed by atoms with Crippen LogP contribution in [-0.4, -0.2) is 0 Å². The molecule has 176 valence electrons. The summed E-state index contributed by atoms with van der Waals surface area (Å²) < 4.78 is 0. The summed E-state index contributed by atoms with van der Waals surface area (Å²) in [5.41, 5.74) is 4.72. The molecule has 31 heavy (non-hydrogen) atoms. The third-order valence-corrected chi connectivity index (χ3v) is 13.6. The highest BCUT2D eigenvalue weighted by molar-refractivity contribution is 5.30. The molecular formula is C31H52. The second-order valence-corrected chi connectivity index (χ2v) is 14.7. The van der Waals surface area contributed by atoms with E-state index in [1.165, 1.54) is 50.5 Å². The zero-order chi connectivity index (χ0) is 22.4. The third kappa shape index (κ3) is 2.72.